The maximum absolute atomic E-state index is 13.1. The summed E-state index contributed by atoms with van der Waals surface area (Å²) < 4.78 is 5.63. The Morgan fingerprint density at radius 1 is 1.17 bits per heavy atom. The Hall–Kier alpha value is -2.57. The first kappa shape index (κ1) is 21.1. The van der Waals surface area contributed by atoms with E-state index >= 15 is 0 Å². The number of aliphatic hydroxyl groups excluding tert-OH is 1. The maximum atomic E-state index is 13.1. The van der Waals surface area contributed by atoms with Crippen LogP contribution in [0.2, 0.25) is 5.02 Å². The first-order chi connectivity index (χ1) is 13.9. The normalized spacial score (nSPS) is 19.9. The third-order valence-electron chi connectivity index (χ3n) is 5.19. The molecule has 7 heteroatoms. The minimum Gasteiger partial charge on any atom is -0.491 e. The molecule has 2 N–H and O–H groups in total. The minimum atomic E-state index is -1.16. The predicted molar refractivity (Wildman–Crippen MR) is 111 cm³/mol. The predicted octanol–water partition coefficient (Wildman–Crippen LogP) is 3.50. The fourth-order valence-electron chi connectivity index (χ4n) is 3.48. The average Bonchev–Trinajstić information content (AvgIpc) is 2.98. The molecule has 0 saturated carbocycles. The van der Waals surface area contributed by atoms with Gasteiger partial charge in [0.25, 0.3) is 5.91 Å². The lowest BCUT2D eigenvalue weighted by Crippen LogP contribution is -2.44. The smallest absolute Gasteiger partial charge is 0.325 e. The van der Waals surface area contributed by atoms with Crippen molar-refractivity contribution in [2.75, 3.05) is 13.2 Å². The summed E-state index contributed by atoms with van der Waals surface area (Å²) in [4.78, 5) is 26.7. The van der Waals surface area contributed by atoms with Crippen molar-refractivity contribution in [2.45, 2.75) is 38.3 Å². The lowest BCUT2D eigenvalue weighted by Gasteiger charge is -2.26. The molecule has 1 fully saturated rings. The van der Waals surface area contributed by atoms with Crippen molar-refractivity contribution in [3.05, 3.63) is 64.7 Å². The third-order valence-corrected chi connectivity index (χ3v) is 5.44. The zero-order valence-electron chi connectivity index (χ0n) is 16.5. The molecule has 1 aliphatic heterocycles. The summed E-state index contributed by atoms with van der Waals surface area (Å²) in [6.45, 7) is 3.71. The molecule has 1 heterocycles. The Morgan fingerprint density at radius 2 is 1.90 bits per heavy atom. The number of aliphatic hydroxyl groups is 1. The molecule has 0 radical (unpaired) electrons. The van der Waals surface area contributed by atoms with Crippen LogP contribution in [-0.2, 0) is 16.8 Å². The molecule has 0 bridgehead atoms. The van der Waals surface area contributed by atoms with Gasteiger partial charge < -0.3 is 15.2 Å². The van der Waals surface area contributed by atoms with Gasteiger partial charge in [0.15, 0.2) is 0 Å². The summed E-state index contributed by atoms with van der Waals surface area (Å²) in [6.07, 6.45) is 0.255. The monoisotopic (exact) mass is 416 g/mol. The van der Waals surface area contributed by atoms with Crippen LogP contribution in [0.5, 0.6) is 5.75 Å². The quantitative estimate of drug-likeness (QED) is 0.645. The number of imide groups is 1. The van der Waals surface area contributed by atoms with Gasteiger partial charge in [-0.05, 0) is 48.2 Å². The summed E-state index contributed by atoms with van der Waals surface area (Å²) in [5.41, 5.74) is 0.631. The number of hydrogen-bond acceptors (Lipinski definition) is 4. The van der Waals surface area contributed by atoms with E-state index in [1.54, 1.807) is 24.3 Å². The first-order valence-electron chi connectivity index (χ1n) is 9.69. The Bertz CT molecular complexity index is 887. The summed E-state index contributed by atoms with van der Waals surface area (Å²) in [6, 6.07) is 13.9. The van der Waals surface area contributed by atoms with Gasteiger partial charge in [-0.2, -0.15) is 0 Å². The van der Waals surface area contributed by atoms with E-state index in [1.165, 1.54) is 0 Å². The third kappa shape index (κ3) is 4.38. The molecule has 3 amide bonds. The van der Waals surface area contributed by atoms with Gasteiger partial charge in [-0.1, -0.05) is 49.7 Å². The summed E-state index contributed by atoms with van der Waals surface area (Å²) in [7, 11) is 0. The van der Waals surface area contributed by atoms with E-state index < -0.39 is 17.7 Å². The lowest BCUT2D eigenvalue weighted by atomic mass is 9.87. The topological polar surface area (TPSA) is 78.9 Å². The molecule has 0 aromatic heterocycles. The average molecular weight is 417 g/mol. The van der Waals surface area contributed by atoms with Crippen molar-refractivity contribution < 1.29 is 19.4 Å². The summed E-state index contributed by atoms with van der Waals surface area (Å²) >= 11 is 5.94. The number of halogens is 1. The highest BCUT2D eigenvalue weighted by atomic mass is 35.5. The highest BCUT2D eigenvalue weighted by molar-refractivity contribution is 6.30. The van der Waals surface area contributed by atoms with Crippen molar-refractivity contribution in [2.24, 2.45) is 0 Å². The van der Waals surface area contributed by atoms with Crippen molar-refractivity contribution in [1.82, 2.24) is 10.2 Å². The van der Waals surface area contributed by atoms with Gasteiger partial charge in [0.2, 0.25) is 0 Å². The standard InChI is InChI=1S/C22H25ClN2O4/c1-3-15-6-5-7-19(12-15)29-14-18(26)13-25-20(27)22(4-2,24-21(25)28)16-8-10-17(23)11-9-16/h5-12,18,26H,3-4,13-14H2,1-2H3,(H,24,28). The van der Waals surface area contributed by atoms with Gasteiger partial charge in [0, 0.05) is 5.02 Å². The van der Waals surface area contributed by atoms with Gasteiger partial charge in [0.05, 0.1) is 6.54 Å². The number of aryl methyl sites for hydroxylation is 1. The van der Waals surface area contributed by atoms with Crippen LogP contribution in [0.4, 0.5) is 4.79 Å². The van der Waals surface area contributed by atoms with E-state index in [0.717, 1.165) is 16.9 Å². The molecule has 0 aliphatic carbocycles. The molecule has 1 aliphatic rings. The summed E-state index contributed by atoms with van der Waals surface area (Å²) in [5.74, 6) is 0.254. The van der Waals surface area contributed by atoms with Crippen LogP contribution < -0.4 is 10.1 Å². The summed E-state index contributed by atoms with van der Waals surface area (Å²) in [5, 5.41) is 13.7. The van der Waals surface area contributed by atoms with Gasteiger partial charge in [-0.25, -0.2) is 4.79 Å². The second-order valence-corrected chi connectivity index (χ2v) is 7.51. The van der Waals surface area contributed by atoms with Crippen LogP contribution in [-0.4, -0.2) is 41.2 Å². The number of amides is 3. The second kappa shape index (κ2) is 8.84. The van der Waals surface area contributed by atoms with Crippen LogP contribution in [0.25, 0.3) is 0 Å². The number of nitrogens with one attached hydrogen (secondary N) is 1. The molecule has 29 heavy (non-hydrogen) atoms. The maximum Gasteiger partial charge on any atom is 0.325 e. The molecular formula is C22H25ClN2O4. The second-order valence-electron chi connectivity index (χ2n) is 7.08. The highest BCUT2D eigenvalue weighted by Gasteiger charge is 2.51. The van der Waals surface area contributed by atoms with Crippen molar-refractivity contribution in [3.63, 3.8) is 0 Å². The fourth-order valence-corrected chi connectivity index (χ4v) is 3.60. The highest BCUT2D eigenvalue weighted by Crippen LogP contribution is 2.33. The fraction of sp³-hybridized carbons (Fsp3) is 0.364. The van der Waals surface area contributed by atoms with E-state index in [2.05, 4.69) is 5.32 Å². The van der Waals surface area contributed by atoms with Gasteiger partial charge in [0.1, 0.15) is 24.0 Å². The lowest BCUT2D eigenvalue weighted by molar-refractivity contribution is -0.132. The number of carbonyl (C=O) groups is 2. The molecule has 2 aromatic rings. The molecule has 0 spiro atoms. The molecule has 6 nitrogen and oxygen atoms in total. The van der Waals surface area contributed by atoms with Crippen LogP contribution in [0.3, 0.4) is 0 Å². The van der Waals surface area contributed by atoms with Crippen LogP contribution in [0.15, 0.2) is 48.5 Å². The number of nitrogens with zero attached hydrogens (tertiary/aromatic N) is 1. The molecule has 3 rings (SSSR count). The van der Waals surface area contributed by atoms with Crippen LogP contribution >= 0.6 is 11.6 Å². The Balaban J connectivity index is 1.68. The van der Waals surface area contributed by atoms with E-state index in [0.29, 0.717) is 22.8 Å². The van der Waals surface area contributed by atoms with Crippen molar-refractivity contribution >= 4 is 23.5 Å². The Morgan fingerprint density at radius 3 is 2.55 bits per heavy atom. The molecule has 2 atom stereocenters. The zero-order valence-corrected chi connectivity index (χ0v) is 17.3. The number of benzene rings is 2. The molecular weight excluding hydrogens is 392 g/mol. The molecule has 154 valence electrons. The number of carbonyl (C=O) groups excluding carboxylic acids is 2. The molecule has 2 unspecified atom stereocenters. The SMILES string of the molecule is CCc1cccc(OCC(O)CN2C(=O)NC(CC)(c3ccc(Cl)cc3)C2=O)c1. The minimum absolute atomic E-state index is 0.0235. The van der Waals surface area contributed by atoms with Crippen LogP contribution in [0.1, 0.15) is 31.4 Å². The Labute approximate surface area is 175 Å². The van der Waals surface area contributed by atoms with Crippen molar-refractivity contribution in [1.29, 1.82) is 0 Å². The largest absolute Gasteiger partial charge is 0.491 e. The van der Waals surface area contributed by atoms with Gasteiger partial charge in [-0.15, -0.1) is 0 Å². The number of hydrogen-bond donors (Lipinski definition) is 2. The van der Waals surface area contributed by atoms with Gasteiger partial charge >= 0.3 is 6.03 Å². The number of urea groups is 1. The Kier molecular flexibility index (Phi) is 6.45. The molecule has 1 saturated heterocycles. The van der Waals surface area contributed by atoms with Crippen molar-refractivity contribution in [3.8, 4) is 5.75 Å². The number of rotatable bonds is 8. The number of ether oxygens (including phenoxy) is 1. The number of β-amino-alcohol motifs (C(OH)–C–C–N with tert-alkyl or cyclic N) is 1. The zero-order chi connectivity index (χ0) is 21.0. The van der Waals surface area contributed by atoms with Gasteiger partial charge in [-0.3, -0.25) is 9.69 Å². The van der Waals surface area contributed by atoms with E-state index in [1.807, 2.05) is 38.1 Å². The van der Waals surface area contributed by atoms with E-state index in [-0.39, 0.29) is 19.1 Å². The molecule has 2 aromatic carbocycles. The van der Waals surface area contributed by atoms with Crippen LogP contribution in [0, 0.1) is 0 Å². The van der Waals surface area contributed by atoms with E-state index in [9.17, 15) is 14.7 Å². The first-order valence-corrected chi connectivity index (χ1v) is 10.1. The van der Waals surface area contributed by atoms with E-state index in [4.69, 9.17) is 16.3 Å².